The number of rotatable bonds is 4. The van der Waals surface area contributed by atoms with Crippen LogP contribution in [-0.4, -0.2) is 18.6 Å². The van der Waals surface area contributed by atoms with E-state index in [-0.39, 0.29) is 12.0 Å². The van der Waals surface area contributed by atoms with Crippen molar-refractivity contribution in [2.75, 3.05) is 11.9 Å². The number of nitrogens with one attached hydrogen (secondary N) is 1. The summed E-state index contributed by atoms with van der Waals surface area (Å²) in [5.41, 5.74) is 4.45. The van der Waals surface area contributed by atoms with Gasteiger partial charge in [-0.15, -0.1) is 0 Å². The minimum Gasteiger partial charge on any atom is -0.378 e. The van der Waals surface area contributed by atoms with Crippen molar-refractivity contribution in [3.05, 3.63) is 28.8 Å². The van der Waals surface area contributed by atoms with Crippen molar-refractivity contribution in [1.82, 2.24) is 0 Å². The first-order valence-electron chi connectivity index (χ1n) is 7.05. The lowest BCUT2D eigenvalue weighted by Crippen LogP contribution is -2.16. The summed E-state index contributed by atoms with van der Waals surface area (Å²) in [5.74, 6) is 0.0885. The van der Waals surface area contributed by atoms with Gasteiger partial charge in [-0.2, -0.15) is 0 Å². The van der Waals surface area contributed by atoms with Crippen LogP contribution in [-0.2, 0) is 9.53 Å². The third-order valence-corrected chi connectivity index (χ3v) is 3.66. The normalized spacial score (nSPS) is 18.6. The van der Waals surface area contributed by atoms with E-state index < -0.39 is 0 Å². The van der Waals surface area contributed by atoms with E-state index in [1.165, 1.54) is 5.56 Å². The molecule has 1 aromatic carbocycles. The van der Waals surface area contributed by atoms with Crippen LogP contribution in [0.15, 0.2) is 12.1 Å². The van der Waals surface area contributed by atoms with E-state index in [1.54, 1.807) is 0 Å². The van der Waals surface area contributed by atoms with Crippen LogP contribution in [0.4, 0.5) is 5.69 Å². The van der Waals surface area contributed by atoms with Gasteiger partial charge in [0, 0.05) is 18.7 Å². The largest absolute Gasteiger partial charge is 0.378 e. The Balaban J connectivity index is 1.91. The molecule has 0 aromatic heterocycles. The summed E-state index contributed by atoms with van der Waals surface area (Å²) in [6.07, 6.45) is 3.87. The topological polar surface area (TPSA) is 38.3 Å². The molecule has 0 unspecified atom stereocenters. The van der Waals surface area contributed by atoms with Gasteiger partial charge in [0.25, 0.3) is 0 Å². The van der Waals surface area contributed by atoms with Crippen molar-refractivity contribution in [2.24, 2.45) is 0 Å². The lowest BCUT2D eigenvalue weighted by atomic mass is 10.0. The van der Waals surface area contributed by atoms with Crippen molar-refractivity contribution < 1.29 is 9.53 Å². The van der Waals surface area contributed by atoms with Crippen LogP contribution in [0.1, 0.15) is 42.4 Å². The van der Waals surface area contributed by atoms with E-state index in [1.807, 2.05) is 13.8 Å². The number of hydrogen-bond acceptors (Lipinski definition) is 2. The van der Waals surface area contributed by atoms with Crippen LogP contribution < -0.4 is 5.32 Å². The molecule has 1 saturated heterocycles. The second-order valence-electron chi connectivity index (χ2n) is 5.50. The highest BCUT2D eigenvalue weighted by Crippen LogP contribution is 2.23. The molecule has 3 nitrogen and oxygen atoms in total. The fourth-order valence-corrected chi connectivity index (χ4v) is 2.74. The molecular formula is C16H23NO2. The number of hydrogen-bond donors (Lipinski definition) is 1. The van der Waals surface area contributed by atoms with Crippen LogP contribution in [0.2, 0.25) is 0 Å². The molecule has 1 amide bonds. The molecule has 1 aliphatic rings. The van der Waals surface area contributed by atoms with E-state index in [4.69, 9.17) is 4.74 Å². The predicted octanol–water partition coefficient (Wildman–Crippen LogP) is 3.51. The predicted molar refractivity (Wildman–Crippen MR) is 77.5 cm³/mol. The fraction of sp³-hybridized carbons (Fsp3) is 0.562. The third kappa shape index (κ3) is 3.80. The van der Waals surface area contributed by atoms with Gasteiger partial charge in [0.15, 0.2) is 0 Å². The smallest absolute Gasteiger partial charge is 0.224 e. The van der Waals surface area contributed by atoms with Crippen molar-refractivity contribution in [3.63, 3.8) is 0 Å². The SMILES string of the molecule is Cc1cc(C)c(NC(=O)CC[C@H]2CCCO2)c(C)c1. The molecule has 104 valence electrons. The van der Waals surface area contributed by atoms with Crippen LogP contribution >= 0.6 is 0 Å². The number of amides is 1. The zero-order valence-electron chi connectivity index (χ0n) is 12.1. The summed E-state index contributed by atoms with van der Waals surface area (Å²) in [4.78, 5) is 12.0. The summed E-state index contributed by atoms with van der Waals surface area (Å²) in [6.45, 7) is 7.00. The molecule has 1 heterocycles. The molecular weight excluding hydrogens is 238 g/mol. The average Bonchev–Trinajstić information content (AvgIpc) is 2.84. The molecule has 1 N–H and O–H groups in total. The minimum absolute atomic E-state index is 0.0885. The number of ether oxygens (including phenoxy) is 1. The van der Waals surface area contributed by atoms with Crippen molar-refractivity contribution in [1.29, 1.82) is 0 Å². The zero-order valence-corrected chi connectivity index (χ0v) is 12.1. The first-order valence-corrected chi connectivity index (χ1v) is 7.05. The van der Waals surface area contributed by atoms with E-state index >= 15 is 0 Å². The Morgan fingerprint density at radius 1 is 1.32 bits per heavy atom. The highest BCUT2D eigenvalue weighted by Gasteiger charge is 2.17. The summed E-state index contributed by atoms with van der Waals surface area (Å²) < 4.78 is 5.54. The molecule has 0 bridgehead atoms. The summed E-state index contributed by atoms with van der Waals surface area (Å²) in [5, 5.41) is 3.04. The second kappa shape index (κ2) is 6.20. The Kier molecular flexibility index (Phi) is 4.59. The maximum atomic E-state index is 12.0. The van der Waals surface area contributed by atoms with Gasteiger partial charge in [0.1, 0.15) is 0 Å². The van der Waals surface area contributed by atoms with Gasteiger partial charge >= 0.3 is 0 Å². The molecule has 0 aliphatic carbocycles. The lowest BCUT2D eigenvalue weighted by Gasteiger charge is -2.14. The Labute approximate surface area is 115 Å². The summed E-state index contributed by atoms with van der Waals surface area (Å²) in [6, 6.07) is 4.20. The van der Waals surface area contributed by atoms with Gasteiger partial charge in [-0.3, -0.25) is 4.79 Å². The van der Waals surface area contributed by atoms with Crippen LogP contribution in [0.25, 0.3) is 0 Å². The van der Waals surface area contributed by atoms with E-state index in [2.05, 4.69) is 24.4 Å². The van der Waals surface area contributed by atoms with Gasteiger partial charge in [-0.25, -0.2) is 0 Å². The Hall–Kier alpha value is -1.35. The Morgan fingerprint density at radius 3 is 2.58 bits per heavy atom. The first-order chi connectivity index (χ1) is 9.06. The van der Waals surface area contributed by atoms with Crippen molar-refractivity contribution in [2.45, 2.75) is 52.6 Å². The molecule has 0 saturated carbocycles. The highest BCUT2D eigenvalue weighted by molar-refractivity contribution is 5.92. The van der Waals surface area contributed by atoms with Crippen LogP contribution in [0.3, 0.4) is 0 Å². The van der Waals surface area contributed by atoms with E-state index in [9.17, 15) is 4.79 Å². The van der Waals surface area contributed by atoms with Gasteiger partial charge in [-0.05, 0) is 51.2 Å². The van der Waals surface area contributed by atoms with E-state index in [0.29, 0.717) is 6.42 Å². The third-order valence-electron chi connectivity index (χ3n) is 3.66. The number of carbonyl (C=O) groups is 1. The second-order valence-corrected chi connectivity index (χ2v) is 5.50. The lowest BCUT2D eigenvalue weighted by molar-refractivity contribution is -0.116. The average molecular weight is 261 g/mol. The van der Waals surface area contributed by atoms with Crippen molar-refractivity contribution in [3.8, 4) is 0 Å². The molecule has 0 spiro atoms. The number of carbonyl (C=O) groups excluding carboxylic acids is 1. The molecule has 0 radical (unpaired) electrons. The standard InChI is InChI=1S/C16H23NO2/c1-11-9-12(2)16(13(3)10-11)17-15(18)7-6-14-5-4-8-19-14/h9-10,14H,4-8H2,1-3H3,(H,17,18)/t14-/m1/s1. The maximum Gasteiger partial charge on any atom is 0.224 e. The highest BCUT2D eigenvalue weighted by atomic mass is 16.5. The fourth-order valence-electron chi connectivity index (χ4n) is 2.74. The Bertz CT molecular complexity index is 439. The zero-order chi connectivity index (χ0) is 13.8. The molecule has 2 rings (SSSR count). The number of anilines is 1. The molecule has 1 aliphatic heterocycles. The molecule has 3 heteroatoms. The monoisotopic (exact) mass is 261 g/mol. The van der Waals surface area contributed by atoms with E-state index in [0.717, 1.165) is 42.7 Å². The van der Waals surface area contributed by atoms with Crippen LogP contribution in [0.5, 0.6) is 0 Å². The maximum absolute atomic E-state index is 12.0. The number of aryl methyl sites for hydroxylation is 3. The van der Waals surface area contributed by atoms with Gasteiger partial charge in [-0.1, -0.05) is 17.7 Å². The minimum atomic E-state index is 0.0885. The molecule has 19 heavy (non-hydrogen) atoms. The van der Waals surface area contributed by atoms with Gasteiger partial charge in [0.2, 0.25) is 5.91 Å². The van der Waals surface area contributed by atoms with Crippen LogP contribution in [0, 0.1) is 20.8 Å². The number of benzene rings is 1. The molecule has 1 atom stereocenters. The quantitative estimate of drug-likeness (QED) is 0.900. The Morgan fingerprint density at radius 2 is 2.00 bits per heavy atom. The molecule has 1 aromatic rings. The van der Waals surface area contributed by atoms with Gasteiger partial charge < -0.3 is 10.1 Å². The summed E-state index contributed by atoms with van der Waals surface area (Å²) in [7, 11) is 0. The van der Waals surface area contributed by atoms with Crippen molar-refractivity contribution >= 4 is 11.6 Å². The summed E-state index contributed by atoms with van der Waals surface area (Å²) >= 11 is 0. The van der Waals surface area contributed by atoms with Gasteiger partial charge in [0.05, 0.1) is 6.10 Å². The first kappa shape index (κ1) is 14.1. The molecule has 1 fully saturated rings.